The highest BCUT2D eigenvalue weighted by molar-refractivity contribution is 6.30. The zero-order valence-electron chi connectivity index (χ0n) is 12.8. The average molecular weight is 317 g/mol. The van der Waals surface area contributed by atoms with Gasteiger partial charge >= 0.3 is 0 Å². The van der Waals surface area contributed by atoms with E-state index in [4.69, 9.17) is 11.6 Å². The Labute approximate surface area is 136 Å². The monoisotopic (exact) mass is 316 g/mol. The first kappa shape index (κ1) is 16.5. The number of amides is 1. The lowest BCUT2D eigenvalue weighted by Gasteiger charge is -2.22. The van der Waals surface area contributed by atoms with Crippen molar-refractivity contribution in [1.82, 2.24) is 5.32 Å². The topological polar surface area (TPSA) is 41.1 Å². The Kier molecular flexibility index (Phi) is 5.99. The molecule has 0 aliphatic heterocycles. The van der Waals surface area contributed by atoms with Crippen LogP contribution in [0.5, 0.6) is 0 Å². The molecule has 0 fully saturated rings. The van der Waals surface area contributed by atoms with Crippen LogP contribution in [0, 0.1) is 5.92 Å². The molecule has 2 aromatic carbocycles. The SMILES string of the molecule is CC(C)[C@@H](NCC(=O)Nc1ccc(Cl)cc1)c1ccccc1. The third-order valence-electron chi connectivity index (χ3n) is 3.44. The molecule has 0 aliphatic rings. The van der Waals surface area contributed by atoms with E-state index in [0.29, 0.717) is 10.9 Å². The summed E-state index contributed by atoms with van der Waals surface area (Å²) in [6, 6.07) is 17.4. The lowest BCUT2D eigenvalue weighted by molar-refractivity contribution is -0.115. The van der Waals surface area contributed by atoms with E-state index >= 15 is 0 Å². The molecule has 0 aliphatic carbocycles. The summed E-state index contributed by atoms with van der Waals surface area (Å²) in [5, 5.41) is 6.84. The van der Waals surface area contributed by atoms with Crippen LogP contribution in [0.25, 0.3) is 0 Å². The normalized spacial score (nSPS) is 12.2. The van der Waals surface area contributed by atoms with Crippen molar-refractivity contribution >= 4 is 23.2 Å². The number of anilines is 1. The first-order valence-electron chi connectivity index (χ1n) is 7.40. The van der Waals surface area contributed by atoms with Gasteiger partial charge in [0.2, 0.25) is 5.91 Å². The van der Waals surface area contributed by atoms with Crippen molar-refractivity contribution < 1.29 is 4.79 Å². The van der Waals surface area contributed by atoms with Gasteiger partial charge in [0.1, 0.15) is 0 Å². The fourth-order valence-corrected chi connectivity index (χ4v) is 2.47. The zero-order valence-corrected chi connectivity index (χ0v) is 13.6. The van der Waals surface area contributed by atoms with Gasteiger partial charge in [-0.05, 0) is 35.7 Å². The van der Waals surface area contributed by atoms with Crippen molar-refractivity contribution in [2.45, 2.75) is 19.9 Å². The van der Waals surface area contributed by atoms with E-state index in [1.807, 2.05) is 18.2 Å². The molecule has 22 heavy (non-hydrogen) atoms. The first-order valence-corrected chi connectivity index (χ1v) is 7.78. The molecule has 1 atom stereocenters. The second-order valence-electron chi connectivity index (χ2n) is 5.57. The van der Waals surface area contributed by atoms with Crippen molar-refractivity contribution in [3.63, 3.8) is 0 Å². The molecular weight excluding hydrogens is 296 g/mol. The van der Waals surface area contributed by atoms with Gasteiger partial charge in [-0.3, -0.25) is 4.79 Å². The van der Waals surface area contributed by atoms with E-state index in [1.54, 1.807) is 24.3 Å². The van der Waals surface area contributed by atoms with Gasteiger partial charge in [-0.2, -0.15) is 0 Å². The Balaban J connectivity index is 1.92. The van der Waals surface area contributed by atoms with Crippen LogP contribution in [0.1, 0.15) is 25.5 Å². The van der Waals surface area contributed by atoms with E-state index < -0.39 is 0 Å². The summed E-state index contributed by atoms with van der Waals surface area (Å²) in [5.74, 6) is 0.328. The van der Waals surface area contributed by atoms with Crippen LogP contribution >= 0.6 is 11.6 Å². The molecule has 0 saturated heterocycles. The Bertz CT molecular complexity index is 596. The van der Waals surface area contributed by atoms with Crippen LogP contribution in [0.3, 0.4) is 0 Å². The van der Waals surface area contributed by atoms with Crippen molar-refractivity contribution in [2.75, 3.05) is 11.9 Å². The van der Waals surface area contributed by atoms with E-state index in [-0.39, 0.29) is 18.5 Å². The fourth-order valence-electron chi connectivity index (χ4n) is 2.34. The first-order chi connectivity index (χ1) is 10.6. The summed E-state index contributed by atoms with van der Waals surface area (Å²) in [5.41, 5.74) is 1.94. The van der Waals surface area contributed by atoms with Crippen molar-refractivity contribution in [3.8, 4) is 0 Å². The smallest absolute Gasteiger partial charge is 0.238 e. The van der Waals surface area contributed by atoms with Gasteiger partial charge in [0.05, 0.1) is 6.54 Å². The van der Waals surface area contributed by atoms with Gasteiger partial charge in [-0.25, -0.2) is 0 Å². The molecule has 0 spiro atoms. The standard InChI is InChI=1S/C18H21ClN2O/c1-13(2)18(14-6-4-3-5-7-14)20-12-17(22)21-16-10-8-15(19)9-11-16/h3-11,13,18,20H,12H2,1-2H3,(H,21,22)/t18-/m1/s1. The molecule has 1 amide bonds. The Morgan fingerprint density at radius 2 is 1.68 bits per heavy atom. The van der Waals surface area contributed by atoms with Gasteiger partial charge in [-0.1, -0.05) is 55.8 Å². The van der Waals surface area contributed by atoms with Crippen LogP contribution in [-0.4, -0.2) is 12.5 Å². The summed E-state index contributed by atoms with van der Waals surface area (Å²) in [7, 11) is 0. The maximum atomic E-state index is 12.0. The molecule has 2 N–H and O–H groups in total. The summed E-state index contributed by atoms with van der Waals surface area (Å²) < 4.78 is 0. The molecule has 116 valence electrons. The molecule has 0 radical (unpaired) electrons. The van der Waals surface area contributed by atoms with Crippen LogP contribution in [0.15, 0.2) is 54.6 Å². The predicted molar refractivity (Wildman–Crippen MR) is 92.1 cm³/mol. The van der Waals surface area contributed by atoms with Crippen molar-refractivity contribution in [3.05, 3.63) is 65.2 Å². The van der Waals surface area contributed by atoms with Gasteiger partial charge in [-0.15, -0.1) is 0 Å². The van der Waals surface area contributed by atoms with E-state index in [0.717, 1.165) is 5.69 Å². The van der Waals surface area contributed by atoms with Gasteiger partial charge in [0.15, 0.2) is 0 Å². The summed E-state index contributed by atoms with van der Waals surface area (Å²) in [6.45, 7) is 4.55. The highest BCUT2D eigenvalue weighted by Crippen LogP contribution is 2.21. The molecule has 3 nitrogen and oxygen atoms in total. The highest BCUT2D eigenvalue weighted by Gasteiger charge is 2.16. The van der Waals surface area contributed by atoms with Crippen LogP contribution < -0.4 is 10.6 Å². The average Bonchev–Trinajstić information content (AvgIpc) is 2.50. The zero-order chi connectivity index (χ0) is 15.9. The predicted octanol–water partition coefficient (Wildman–Crippen LogP) is 4.27. The number of carbonyl (C=O) groups excluding carboxylic acids is 1. The van der Waals surface area contributed by atoms with E-state index in [1.165, 1.54) is 5.56 Å². The fraction of sp³-hybridized carbons (Fsp3) is 0.278. The number of hydrogen-bond donors (Lipinski definition) is 2. The molecule has 0 aromatic heterocycles. The van der Waals surface area contributed by atoms with Crippen molar-refractivity contribution in [1.29, 1.82) is 0 Å². The maximum Gasteiger partial charge on any atom is 0.238 e. The number of halogens is 1. The largest absolute Gasteiger partial charge is 0.325 e. The minimum absolute atomic E-state index is 0.0658. The molecule has 0 saturated carbocycles. The Morgan fingerprint density at radius 3 is 2.27 bits per heavy atom. The summed E-state index contributed by atoms with van der Waals surface area (Å²) in [4.78, 5) is 12.0. The summed E-state index contributed by atoms with van der Waals surface area (Å²) >= 11 is 5.83. The van der Waals surface area contributed by atoms with Crippen LogP contribution in [-0.2, 0) is 4.79 Å². The third-order valence-corrected chi connectivity index (χ3v) is 3.69. The van der Waals surface area contributed by atoms with Crippen molar-refractivity contribution in [2.24, 2.45) is 5.92 Å². The number of carbonyl (C=O) groups is 1. The van der Waals surface area contributed by atoms with Gasteiger partial charge < -0.3 is 10.6 Å². The maximum absolute atomic E-state index is 12.0. The van der Waals surface area contributed by atoms with E-state index in [2.05, 4.69) is 36.6 Å². The number of nitrogens with one attached hydrogen (secondary N) is 2. The number of hydrogen-bond acceptors (Lipinski definition) is 2. The minimum Gasteiger partial charge on any atom is -0.325 e. The summed E-state index contributed by atoms with van der Waals surface area (Å²) in [6.07, 6.45) is 0. The molecule has 4 heteroatoms. The lowest BCUT2D eigenvalue weighted by atomic mass is 9.96. The molecular formula is C18H21ClN2O. The third kappa shape index (κ3) is 4.86. The van der Waals surface area contributed by atoms with Gasteiger partial charge in [0, 0.05) is 16.8 Å². The van der Waals surface area contributed by atoms with E-state index in [9.17, 15) is 4.79 Å². The second kappa shape index (κ2) is 7.97. The molecule has 0 heterocycles. The van der Waals surface area contributed by atoms with Crippen LogP contribution in [0.4, 0.5) is 5.69 Å². The quantitative estimate of drug-likeness (QED) is 0.835. The number of benzene rings is 2. The number of rotatable bonds is 6. The second-order valence-corrected chi connectivity index (χ2v) is 6.00. The molecule has 0 bridgehead atoms. The lowest BCUT2D eigenvalue weighted by Crippen LogP contribution is -2.33. The molecule has 2 aromatic rings. The highest BCUT2D eigenvalue weighted by atomic mass is 35.5. The Hall–Kier alpha value is -1.84. The van der Waals surface area contributed by atoms with Crippen LogP contribution in [0.2, 0.25) is 5.02 Å². The minimum atomic E-state index is -0.0658. The molecule has 2 rings (SSSR count). The Morgan fingerprint density at radius 1 is 1.05 bits per heavy atom. The molecule has 0 unspecified atom stereocenters. The van der Waals surface area contributed by atoms with Gasteiger partial charge in [0.25, 0.3) is 0 Å².